The smallest absolute Gasteiger partial charge is 0.258 e. The van der Waals surface area contributed by atoms with E-state index in [9.17, 15) is 13.2 Å². The molecule has 1 amide bonds. The van der Waals surface area contributed by atoms with Crippen molar-refractivity contribution >= 4 is 21.6 Å². The van der Waals surface area contributed by atoms with Crippen molar-refractivity contribution < 1.29 is 22.7 Å². The van der Waals surface area contributed by atoms with E-state index in [1.54, 1.807) is 31.4 Å². The molecular weight excluding hydrogens is 380 g/mol. The molecule has 0 radical (unpaired) electrons. The molecule has 152 valence electrons. The van der Waals surface area contributed by atoms with Crippen molar-refractivity contribution in [2.45, 2.75) is 13.5 Å². The third-order valence-electron chi connectivity index (χ3n) is 3.97. The number of ether oxygens (including phenoxy) is 2. The Balaban J connectivity index is 2.03. The van der Waals surface area contributed by atoms with Gasteiger partial charge in [0.15, 0.2) is 6.61 Å². The van der Waals surface area contributed by atoms with Crippen molar-refractivity contribution in [3.8, 4) is 5.75 Å². The van der Waals surface area contributed by atoms with Crippen LogP contribution in [0.1, 0.15) is 11.1 Å². The number of nitrogens with zero attached hydrogens (tertiary/aromatic N) is 1. The Morgan fingerprint density at radius 2 is 1.71 bits per heavy atom. The first-order chi connectivity index (χ1) is 13.3. The maximum atomic E-state index is 12.3. The third-order valence-corrected chi connectivity index (χ3v) is 5.11. The van der Waals surface area contributed by atoms with Gasteiger partial charge in [0, 0.05) is 13.7 Å². The molecule has 0 atom stereocenters. The number of methoxy groups -OCH3 is 1. The number of anilines is 1. The Kier molecular flexibility index (Phi) is 7.83. The van der Waals surface area contributed by atoms with E-state index in [0.29, 0.717) is 24.6 Å². The Morgan fingerprint density at radius 1 is 1.07 bits per heavy atom. The summed E-state index contributed by atoms with van der Waals surface area (Å²) in [7, 11) is -1.90. The number of aryl methyl sites for hydroxylation is 1. The van der Waals surface area contributed by atoms with Gasteiger partial charge in [-0.15, -0.1) is 0 Å². The van der Waals surface area contributed by atoms with Crippen molar-refractivity contribution in [1.82, 2.24) is 5.32 Å². The van der Waals surface area contributed by atoms with Gasteiger partial charge in [-0.2, -0.15) is 0 Å². The maximum absolute atomic E-state index is 12.3. The second kappa shape index (κ2) is 10.1. The lowest BCUT2D eigenvalue weighted by Gasteiger charge is -2.23. The molecule has 0 spiro atoms. The normalized spacial score (nSPS) is 11.1. The molecule has 0 saturated carbocycles. The van der Waals surface area contributed by atoms with Crippen LogP contribution in [0.15, 0.2) is 48.5 Å². The molecule has 8 heteroatoms. The monoisotopic (exact) mass is 406 g/mol. The summed E-state index contributed by atoms with van der Waals surface area (Å²) in [6.07, 6.45) is 1.18. The number of hydrogen-bond acceptors (Lipinski definition) is 5. The van der Waals surface area contributed by atoms with Gasteiger partial charge >= 0.3 is 0 Å². The van der Waals surface area contributed by atoms with Crippen molar-refractivity contribution in [3.05, 3.63) is 59.7 Å². The summed E-state index contributed by atoms with van der Waals surface area (Å²) in [6.45, 7) is 2.95. The molecule has 7 nitrogen and oxygen atoms in total. The van der Waals surface area contributed by atoms with Gasteiger partial charge in [-0.1, -0.05) is 29.8 Å². The first-order valence-electron chi connectivity index (χ1n) is 8.81. The molecule has 2 rings (SSSR count). The van der Waals surface area contributed by atoms with Gasteiger partial charge in [0.1, 0.15) is 5.75 Å². The van der Waals surface area contributed by atoms with Crippen LogP contribution in [0, 0.1) is 6.92 Å². The fourth-order valence-corrected chi connectivity index (χ4v) is 3.35. The van der Waals surface area contributed by atoms with E-state index >= 15 is 0 Å². The lowest BCUT2D eigenvalue weighted by Crippen LogP contribution is -2.31. The van der Waals surface area contributed by atoms with E-state index in [1.165, 1.54) is 10.6 Å². The van der Waals surface area contributed by atoms with Gasteiger partial charge in [-0.3, -0.25) is 9.10 Å². The minimum atomic E-state index is -3.46. The minimum absolute atomic E-state index is 0.123. The molecule has 2 aromatic rings. The Hall–Kier alpha value is -2.58. The predicted molar refractivity (Wildman–Crippen MR) is 109 cm³/mol. The number of amides is 1. The second-order valence-electron chi connectivity index (χ2n) is 6.38. The number of nitrogens with one attached hydrogen (secondary N) is 1. The number of sulfonamides is 1. The number of hydrogen-bond donors (Lipinski definition) is 1. The highest BCUT2D eigenvalue weighted by molar-refractivity contribution is 7.92. The average Bonchev–Trinajstić information content (AvgIpc) is 2.66. The van der Waals surface area contributed by atoms with E-state index in [0.717, 1.165) is 11.1 Å². The molecule has 2 aromatic carbocycles. The summed E-state index contributed by atoms with van der Waals surface area (Å²) in [4.78, 5) is 11.6. The zero-order chi connectivity index (χ0) is 20.6. The average molecular weight is 407 g/mol. The maximum Gasteiger partial charge on any atom is 0.258 e. The molecule has 0 heterocycles. The molecule has 0 aliphatic carbocycles. The molecule has 0 fully saturated rings. The first kappa shape index (κ1) is 21.7. The SMILES string of the molecule is COCCNC(=O)COc1ccc(N(Cc2ccc(C)cc2)S(C)(=O)=O)cc1. The molecule has 0 aromatic heterocycles. The van der Waals surface area contributed by atoms with E-state index < -0.39 is 10.0 Å². The van der Waals surface area contributed by atoms with Crippen molar-refractivity contribution in [2.24, 2.45) is 0 Å². The van der Waals surface area contributed by atoms with Crippen LogP contribution in [0.5, 0.6) is 5.75 Å². The van der Waals surface area contributed by atoms with Crippen LogP contribution < -0.4 is 14.4 Å². The van der Waals surface area contributed by atoms with Crippen LogP contribution in [0.4, 0.5) is 5.69 Å². The number of carbonyl (C=O) groups excluding carboxylic acids is 1. The highest BCUT2D eigenvalue weighted by Gasteiger charge is 2.18. The Bertz CT molecular complexity index is 864. The van der Waals surface area contributed by atoms with Gasteiger partial charge in [-0.25, -0.2) is 8.42 Å². The molecule has 0 saturated heterocycles. The lowest BCUT2D eigenvalue weighted by atomic mass is 10.1. The molecule has 0 aliphatic rings. The zero-order valence-electron chi connectivity index (χ0n) is 16.3. The summed E-state index contributed by atoms with van der Waals surface area (Å²) in [5.74, 6) is 0.229. The Morgan fingerprint density at radius 3 is 2.29 bits per heavy atom. The molecule has 0 bridgehead atoms. The van der Waals surface area contributed by atoms with Gasteiger partial charge < -0.3 is 14.8 Å². The molecular formula is C20H26N2O5S. The lowest BCUT2D eigenvalue weighted by molar-refractivity contribution is -0.123. The van der Waals surface area contributed by atoms with Crippen LogP contribution in [0.3, 0.4) is 0 Å². The van der Waals surface area contributed by atoms with Crippen LogP contribution in [0.2, 0.25) is 0 Å². The van der Waals surface area contributed by atoms with Crippen LogP contribution in [-0.2, 0) is 26.1 Å². The molecule has 1 N–H and O–H groups in total. The van der Waals surface area contributed by atoms with E-state index in [4.69, 9.17) is 9.47 Å². The summed E-state index contributed by atoms with van der Waals surface area (Å²) < 4.78 is 36.1. The highest BCUT2D eigenvalue weighted by Crippen LogP contribution is 2.23. The van der Waals surface area contributed by atoms with Crippen LogP contribution >= 0.6 is 0 Å². The topological polar surface area (TPSA) is 84.9 Å². The zero-order valence-corrected chi connectivity index (χ0v) is 17.2. The fourth-order valence-electron chi connectivity index (χ4n) is 2.46. The van der Waals surface area contributed by atoms with E-state index in [2.05, 4.69) is 5.32 Å². The standard InChI is InChI=1S/C20H26N2O5S/c1-16-4-6-17(7-5-16)14-22(28(3,24)25)18-8-10-19(11-9-18)27-15-20(23)21-12-13-26-2/h4-11H,12-15H2,1-3H3,(H,21,23). The molecule has 28 heavy (non-hydrogen) atoms. The van der Waals surface area contributed by atoms with Gasteiger partial charge in [0.05, 0.1) is 25.1 Å². The van der Waals surface area contributed by atoms with Crippen molar-refractivity contribution in [2.75, 3.05) is 37.4 Å². The Labute approximate surface area is 166 Å². The van der Waals surface area contributed by atoms with Gasteiger partial charge in [-0.05, 0) is 36.8 Å². The number of benzene rings is 2. The molecule has 0 unspecified atom stereocenters. The molecule has 0 aliphatic heterocycles. The fraction of sp³-hybridized carbons (Fsp3) is 0.350. The summed E-state index contributed by atoms with van der Waals surface area (Å²) >= 11 is 0. The quantitative estimate of drug-likeness (QED) is 0.611. The van der Waals surface area contributed by atoms with Gasteiger partial charge in [0.2, 0.25) is 10.0 Å². The van der Waals surface area contributed by atoms with Crippen LogP contribution in [0.25, 0.3) is 0 Å². The first-order valence-corrected chi connectivity index (χ1v) is 10.7. The second-order valence-corrected chi connectivity index (χ2v) is 8.29. The minimum Gasteiger partial charge on any atom is -0.484 e. The predicted octanol–water partition coefficient (Wildman–Crippen LogP) is 2.10. The van der Waals surface area contributed by atoms with Crippen LogP contribution in [-0.4, -0.2) is 47.4 Å². The third kappa shape index (κ3) is 6.86. The van der Waals surface area contributed by atoms with E-state index in [-0.39, 0.29) is 19.1 Å². The van der Waals surface area contributed by atoms with Crippen molar-refractivity contribution in [1.29, 1.82) is 0 Å². The summed E-state index contributed by atoms with van der Waals surface area (Å²) in [5.41, 5.74) is 2.53. The van der Waals surface area contributed by atoms with E-state index in [1.807, 2.05) is 31.2 Å². The summed E-state index contributed by atoms with van der Waals surface area (Å²) in [5, 5.41) is 2.66. The number of rotatable bonds is 10. The van der Waals surface area contributed by atoms with Crippen molar-refractivity contribution in [3.63, 3.8) is 0 Å². The largest absolute Gasteiger partial charge is 0.484 e. The summed E-state index contributed by atoms with van der Waals surface area (Å²) in [6, 6.07) is 14.3. The highest BCUT2D eigenvalue weighted by atomic mass is 32.2. The van der Waals surface area contributed by atoms with Gasteiger partial charge in [0.25, 0.3) is 5.91 Å². The number of carbonyl (C=O) groups is 1.